The van der Waals surface area contributed by atoms with Gasteiger partial charge >= 0.3 is 0 Å². The second-order valence-corrected chi connectivity index (χ2v) is 7.55. The Kier molecular flexibility index (Phi) is 4.34. The quantitative estimate of drug-likeness (QED) is 0.808. The molecule has 2 N–H and O–H groups in total. The molecule has 0 spiro atoms. The van der Waals surface area contributed by atoms with E-state index in [9.17, 15) is 19.5 Å². The minimum absolute atomic E-state index is 0.00862. The van der Waals surface area contributed by atoms with Gasteiger partial charge in [-0.25, -0.2) is 0 Å². The van der Waals surface area contributed by atoms with Crippen molar-refractivity contribution in [2.75, 3.05) is 13.2 Å². The van der Waals surface area contributed by atoms with Gasteiger partial charge in [-0.05, 0) is 25.8 Å². The van der Waals surface area contributed by atoms with Crippen molar-refractivity contribution in [1.82, 2.24) is 14.8 Å². The number of fused-ring (bicyclic) bond motifs is 4. The molecule has 3 heterocycles. The van der Waals surface area contributed by atoms with Crippen LogP contribution in [0.1, 0.15) is 37.9 Å². The molecule has 2 fully saturated rings. The van der Waals surface area contributed by atoms with E-state index >= 15 is 0 Å². The SMILES string of the molecule is CCNC(=O)[C@H]1[C@H](CO)[C@H]2Cn3c(cccc3=O)[C@@H]1N2C(=O)C1CCC1. The molecule has 3 aliphatic rings. The zero-order valence-corrected chi connectivity index (χ0v) is 14.9. The first-order valence-electron chi connectivity index (χ1n) is 9.49. The second kappa shape index (κ2) is 6.54. The highest BCUT2D eigenvalue weighted by molar-refractivity contribution is 5.85. The topological polar surface area (TPSA) is 91.6 Å². The Hall–Kier alpha value is -2.15. The molecule has 2 aliphatic heterocycles. The summed E-state index contributed by atoms with van der Waals surface area (Å²) >= 11 is 0. The summed E-state index contributed by atoms with van der Waals surface area (Å²) in [7, 11) is 0. The van der Waals surface area contributed by atoms with Crippen molar-refractivity contribution in [1.29, 1.82) is 0 Å². The molecular weight excluding hydrogens is 334 g/mol. The summed E-state index contributed by atoms with van der Waals surface area (Å²) in [4.78, 5) is 40.1. The average Bonchev–Trinajstić information content (AvgIpc) is 2.81. The van der Waals surface area contributed by atoms with Gasteiger partial charge in [0, 0.05) is 43.3 Å². The van der Waals surface area contributed by atoms with Crippen molar-refractivity contribution < 1.29 is 14.7 Å². The third-order valence-corrected chi connectivity index (χ3v) is 6.28. The fourth-order valence-electron chi connectivity index (χ4n) is 4.82. The summed E-state index contributed by atoms with van der Waals surface area (Å²) in [6, 6.07) is 4.20. The summed E-state index contributed by atoms with van der Waals surface area (Å²) in [5, 5.41) is 12.9. The van der Waals surface area contributed by atoms with Crippen LogP contribution in [0.2, 0.25) is 0 Å². The van der Waals surface area contributed by atoms with Gasteiger partial charge in [-0.1, -0.05) is 12.5 Å². The summed E-state index contributed by atoms with van der Waals surface area (Å²) in [5.74, 6) is -0.983. The molecule has 140 valence electrons. The van der Waals surface area contributed by atoms with Crippen molar-refractivity contribution in [3.63, 3.8) is 0 Å². The van der Waals surface area contributed by atoms with Gasteiger partial charge in [-0.2, -0.15) is 0 Å². The van der Waals surface area contributed by atoms with Crippen molar-refractivity contribution in [2.45, 2.75) is 44.8 Å². The van der Waals surface area contributed by atoms with Gasteiger partial charge in [0.15, 0.2) is 0 Å². The fourth-order valence-corrected chi connectivity index (χ4v) is 4.82. The number of hydrogen-bond acceptors (Lipinski definition) is 4. The van der Waals surface area contributed by atoms with Crippen LogP contribution in [0.15, 0.2) is 23.0 Å². The van der Waals surface area contributed by atoms with Crippen molar-refractivity contribution >= 4 is 11.8 Å². The third kappa shape index (κ3) is 2.40. The molecule has 1 saturated carbocycles. The van der Waals surface area contributed by atoms with Gasteiger partial charge in [-0.15, -0.1) is 0 Å². The Balaban J connectivity index is 1.82. The van der Waals surface area contributed by atoms with Crippen LogP contribution in [0.25, 0.3) is 0 Å². The number of amides is 2. The van der Waals surface area contributed by atoms with Gasteiger partial charge in [0.05, 0.1) is 18.0 Å². The maximum atomic E-state index is 13.1. The molecule has 4 atom stereocenters. The summed E-state index contributed by atoms with van der Waals surface area (Å²) in [5.41, 5.74) is 0.579. The highest BCUT2D eigenvalue weighted by Crippen LogP contribution is 2.49. The molecule has 2 amide bonds. The highest BCUT2D eigenvalue weighted by Gasteiger charge is 2.58. The molecule has 0 radical (unpaired) electrons. The Morgan fingerprint density at radius 2 is 2.08 bits per heavy atom. The lowest BCUT2D eigenvalue weighted by Gasteiger charge is -2.41. The zero-order valence-electron chi connectivity index (χ0n) is 14.9. The van der Waals surface area contributed by atoms with Crippen LogP contribution in [-0.2, 0) is 16.1 Å². The Morgan fingerprint density at radius 1 is 1.31 bits per heavy atom. The summed E-state index contributed by atoms with van der Waals surface area (Å²) in [6.07, 6.45) is 2.82. The first kappa shape index (κ1) is 17.3. The molecule has 1 aliphatic carbocycles. The number of carbonyl (C=O) groups is 2. The molecule has 7 heteroatoms. The molecule has 26 heavy (non-hydrogen) atoms. The smallest absolute Gasteiger partial charge is 0.250 e. The molecule has 2 bridgehead atoms. The molecular formula is C19H25N3O4. The number of pyridine rings is 1. The van der Waals surface area contributed by atoms with Crippen LogP contribution >= 0.6 is 0 Å². The van der Waals surface area contributed by atoms with Gasteiger partial charge in [-0.3, -0.25) is 14.4 Å². The molecule has 1 saturated heterocycles. The fraction of sp³-hybridized carbons (Fsp3) is 0.632. The van der Waals surface area contributed by atoms with E-state index in [-0.39, 0.29) is 41.9 Å². The van der Waals surface area contributed by atoms with Crippen molar-refractivity contribution in [3.05, 3.63) is 34.2 Å². The number of aliphatic hydroxyl groups excluding tert-OH is 1. The van der Waals surface area contributed by atoms with E-state index in [1.165, 1.54) is 6.07 Å². The lowest BCUT2D eigenvalue weighted by Crippen LogP contribution is -2.51. The van der Waals surface area contributed by atoms with Crippen LogP contribution in [0, 0.1) is 17.8 Å². The van der Waals surface area contributed by atoms with E-state index in [4.69, 9.17) is 0 Å². The number of hydrogen-bond donors (Lipinski definition) is 2. The minimum atomic E-state index is -0.537. The molecule has 0 aromatic carbocycles. The maximum Gasteiger partial charge on any atom is 0.250 e. The van der Waals surface area contributed by atoms with E-state index in [0.717, 1.165) is 19.3 Å². The normalized spacial score (nSPS) is 29.8. The Bertz CT molecular complexity index is 785. The monoisotopic (exact) mass is 359 g/mol. The summed E-state index contributed by atoms with van der Waals surface area (Å²) in [6.45, 7) is 2.50. The molecule has 1 aromatic heterocycles. The number of carbonyl (C=O) groups excluding carboxylic acids is 2. The van der Waals surface area contributed by atoms with Crippen LogP contribution in [-0.4, -0.2) is 45.6 Å². The van der Waals surface area contributed by atoms with Crippen LogP contribution in [0.4, 0.5) is 0 Å². The number of nitrogens with one attached hydrogen (secondary N) is 1. The second-order valence-electron chi connectivity index (χ2n) is 7.55. The highest BCUT2D eigenvalue weighted by atomic mass is 16.3. The predicted molar refractivity (Wildman–Crippen MR) is 94.2 cm³/mol. The molecule has 0 unspecified atom stereocenters. The first-order chi connectivity index (χ1) is 12.6. The van der Waals surface area contributed by atoms with E-state index < -0.39 is 12.0 Å². The zero-order chi connectivity index (χ0) is 18.4. The predicted octanol–water partition coefficient (Wildman–Crippen LogP) is 0.275. The Labute approximate surface area is 152 Å². The minimum Gasteiger partial charge on any atom is -0.396 e. The lowest BCUT2D eigenvalue weighted by atomic mass is 9.83. The Morgan fingerprint density at radius 3 is 2.69 bits per heavy atom. The van der Waals surface area contributed by atoms with Gasteiger partial charge < -0.3 is 19.9 Å². The van der Waals surface area contributed by atoms with Gasteiger partial charge in [0.25, 0.3) is 5.56 Å². The summed E-state index contributed by atoms with van der Waals surface area (Å²) < 4.78 is 1.67. The molecule has 7 nitrogen and oxygen atoms in total. The maximum absolute atomic E-state index is 13.1. The first-order valence-corrected chi connectivity index (χ1v) is 9.49. The van der Waals surface area contributed by atoms with E-state index in [1.54, 1.807) is 10.6 Å². The molecule has 1 aromatic rings. The third-order valence-electron chi connectivity index (χ3n) is 6.28. The largest absolute Gasteiger partial charge is 0.396 e. The van der Waals surface area contributed by atoms with Gasteiger partial charge in [0.2, 0.25) is 11.8 Å². The van der Waals surface area contributed by atoms with E-state index in [2.05, 4.69) is 5.32 Å². The molecule has 4 rings (SSSR count). The number of rotatable bonds is 4. The average molecular weight is 359 g/mol. The number of aliphatic hydroxyl groups is 1. The lowest BCUT2D eigenvalue weighted by molar-refractivity contribution is -0.143. The van der Waals surface area contributed by atoms with Gasteiger partial charge in [0.1, 0.15) is 0 Å². The number of nitrogens with zero attached hydrogens (tertiary/aromatic N) is 2. The van der Waals surface area contributed by atoms with Crippen LogP contribution in [0.5, 0.6) is 0 Å². The standard InChI is InChI=1S/C19H25N3O4/c1-2-20-18(25)16-12(10-23)14-9-21-13(7-4-8-15(21)24)17(16)22(14)19(26)11-5-3-6-11/h4,7-8,11-12,14,16-17,23H,2-3,5-6,9-10H2,1H3,(H,20,25)/t12-,14-,16+,17+/m1/s1. The van der Waals surface area contributed by atoms with Crippen molar-refractivity contribution in [3.8, 4) is 0 Å². The van der Waals surface area contributed by atoms with E-state index in [0.29, 0.717) is 18.8 Å². The van der Waals surface area contributed by atoms with Crippen LogP contribution < -0.4 is 10.9 Å². The van der Waals surface area contributed by atoms with E-state index in [1.807, 2.05) is 17.9 Å². The number of aromatic nitrogens is 1. The van der Waals surface area contributed by atoms with Crippen molar-refractivity contribution in [2.24, 2.45) is 17.8 Å². The van der Waals surface area contributed by atoms with Crippen LogP contribution in [0.3, 0.4) is 0 Å².